The lowest BCUT2D eigenvalue weighted by molar-refractivity contribution is 1.26. The number of nitrogens with zero attached hydrogens (tertiary/aromatic N) is 2. The maximum Gasteiger partial charge on any atom is 0.138 e. The van der Waals surface area contributed by atoms with Crippen LogP contribution in [0.15, 0.2) is 32.5 Å². The fourth-order valence-electron chi connectivity index (χ4n) is 0.716. The Morgan fingerprint density at radius 3 is 3.10 bits per heavy atom. The number of aliphatic imine (C=N–C) groups is 1. The molecule has 0 fully saturated rings. The van der Waals surface area contributed by atoms with Gasteiger partial charge in [-0.1, -0.05) is 0 Å². The van der Waals surface area contributed by atoms with Crippen molar-refractivity contribution in [3.63, 3.8) is 0 Å². The van der Waals surface area contributed by atoms with E-state index in [-0.39, 0.29) is 10.9 Å². The lowest BCUT2D eigenvalue weighted by Gasteiger charge is -2.00. The molecule has 2 heterocycles. The summed E-state index contributed by atoms with van der Waals surface area (Å²) in [5.74, 6) is 0. The minimum Gasteiger partial charge on any atom is -0.258 e. The Labute approximate surface area is 65.7 Å². The third-order valence-corrected chi connectivity index (χ3v) is 4.06. The molecule has 1 aliphatic rings. The molecule has 4 heteroatoms. The lowest BCUT2D eigenvalue weighted by atomic mass is 11.0. The highest BCUT2D eigenvalue weighted by Gasteiger charge is 2.04. The van der Waals surface area contributed by atoms with Gasteiger partial charge in [0, 0.05) is 23.3 Å². The van der Waals surface area contributed by atoms with Crippen molar-refractivity contribution in [2.45, 2.75) is 4.34 Å². The van der Waals surface area contributed by atoms with Crippen LogP contribution in [0.25, 0.3) is 0 Å². The van der Waals surface area contributed by atoms with E-state index in [0.717, 1.165) is 0 Å². The molecule has 0 saturated heterocycles. The van der Waals surface area contributed by atoms with E-state index in [9.17, 15) is 0 Å². The Morgan fingerprint density at radius 2 is 2.50 bits per heavy atom. The van der Waals surface area contributed by atoms with Gasteiger partial charge in [-0.05, 0) is 5.41 Å². The van der Waals surface area contributed by atoms with Crippen molar-refractivity contribution in [3.05, 3.63) is 23.2 Å². The maximum absolute atomic E-state index is 4.20. The van der Waals surface area contributed by atoms with Crippen LogP contribution in [-0.2, 0) is 0 Å². The summed E-state index contributed by atoms with van der Waals surface area (Å²) in [7, 11) is -0.268. The molecule has 0 aliphatic carbocycles. The number of thiazole rings is 1. The molecule has 1 atom stereocenters. The Bertz CT molecular complexity index is 251. The van der Waals surface area contributed by atoms with Gasteiger partial charge in [0.1, 0.15) is 4.34 Å². The molecule has 0 spiro atoms. The molecule has 0 N–H and O–H groups in total. The Morgan fingerprint density at radius 1 is 1.50 bits per heavy atom. The average Bonchev–Trinajstić information content (AvgIpc) is 2.59. The molecule has 0 saturated carbocycles. The zero-order chi connectivity index (χ0) is 6.81. The highest BCUT2D eigenvalue weighted by atomic mass is 32.2. The summed E-state index contributed by atoms with van der Waals surface area (Å²) in [6.45, 7) is 0. The van der Waals surface area contributed by atoms with Crippen molar-refractivity contribution in [1.29, 1.82) is 0 Å². The summed E-state index contributed by atoms with van der Waals surface area (Å²) in [5.41, 5.74) is 1.97. The monoisotopic (exact) mass is 170 g/mol. The van der Waals surface area contributed by atoms with Gasteiger partial charge in [0.05, 0.1) is 0 Å². The van der Waals surface area contributed by atoms with Crippen molar-refractivity contribution >= 4 is 27.8 Å². The molecule has 0 amide bonds. The molecule has 10 heavy (non-hydrogen) atoms. The molecule has 1 aromatic rings. The van der Waals surface area contributed by atoms with Gasteiger partial charge in [-0.15, -0.1) is 22.2 Å². The third kappa shape index (κ3) is 0.998. The standard InChI is InChI=1S/C6H6N2S2/c1-3-9-6(8-1)10-4-2-7-5-10/h1-5,10H. The second-order valence-corrected chi connectivity index (χ2v) is 4.75. The van der Waals surface area contributed by atoms with Gasteiger partial charge in [0.25, 0.3) is 0 Å². The van der Waals surface area contributed by atoms with Crippen molar-refractivity contribution in [3.8, 4) is 0 Å². The molecule has 2 nitrogen and oxygen atoms in total. The van der Waals surface area contributed by atoms with E-state index in [1.807, 2.05) is 23.3 Å². The highest BCUT2D eigenvalue weighted by Crippen LogP contribution is 2.38. The Balaban J connectivity index is 2.29. The van der Waals surface area contributed by atoms with Crippen LogP contribution in [0.4, 0.5) is 0 Å². The predicted molar refractivity (Wildman–Crippen MR) is 47.0 cm³/mol. The van der Waals surface area contributed by atoms with Crippen molar-refractivity contribution in [2.75, 3.05) is 0 Å². The van der Waals surface area contributed by atoms with Crippen molar-refractivity contribution < 1.29 is 0 Å². The van der Waals surface area contributed by atoms with Crippen LogP contribution in [0.5, 0.6) is 0 Å². The van der Waals surface area contributed by atoms with Gasteiger partial charge < -0.3 is 0 Å². The smallest absolute Gasteiger partial charge is 0.138 e. The largest absolute Gasteiger partial charge is 0.258 e. The van der Waals surface area contributed by atoms with Gasteiger partial charge in [0.15, 0.2) is 0 Å². The highest BCUT2D eigenvalue weighted by molar-refractivity contribution is 8.32. The van der Waals surface area contributed by atoms with E-state index >= 15 is 0 Å². The minimum atomic E-state index is -0.268. The van der Waals surface area contributed by atoms with E-state index < -0.39 is 0 Å². The van der Waals surface area contributed by atoms with Gasteiger partial charge in [-0.25, -0.2) is 4.98 Å². The Hall–Kier alpha value is -0.610. The van der Waals surface area contributed by atoms with Gasteiger partial charge in [-0.3, -0.25) is 4.99 Å². The van der Waals surface area contributed by atoms with Crippen LogP contribution in [0.3, 0.4) is 0 Å². The predicted octanol–water partition coefficient (Wildman–Crippen LogP) is 2.02. The first-order valence-corrected chi connectivity index (χ1v) is 5.20. The maximum atomic E-state index is 4.20. The quantitative estimate of drug-likeness (QED) is 0.641. The summed E-state index contributed by atoms with van der Waals surface area (Å²) >= 11 is 1.70. The zero-order valence-corrected chi connectivity index (χ0v) is 6.85. The molecule has 0 radical (unpaired) electrons. The summed E-state index contributed by atoms with van der Waals surface area (Å²) in [6.07, 6.45) is 3.68. The van der Waals surface area contributed by atoms with Crippen LogP contribution in [0, 0.1) is 0 Å². The van der Waals surface area contributed by atoms with Crippen molar-refractivity contribution in [2.24, 2.45) is 4.99 Å². The summed E-state index contributed by atoms with van der Waals surface area (Å²) in [5, 5.41) is 4.10. The van der Waals surface area contributed by atoms with Crippen LogP contribution in [-0.4, -0.2) is 10.5 Å². The van der Waals surface area contributed by atoms with E-state index in [2.05, 4.69) is 15.4 Å². The molecule has 0 aromatic carbocycles. The molecular formula is C6H6N2S2. The summed E-state index contributed by atoms with van der Waals surface area (Å²) in [6, 6.07) is 0. The molecule has 52 valence electrons. The summed E-state index contributed by atoms with van der Waals surface area (Å²) < 4.78 is 1.19. The average molecular weight is 170 g/mol. The second kappa shape index (κ2) is 2.56. The topological polar surface area (TPSA) is 25.2 Å². The van der Waals surface area contributed by atoms with Crippen LogP contribution >= 0.6 is 22.2 Å². The van der Waals surface area contributed by atoms with Gasteiger partial charge in [-0.2, -0.15) is 0 Å². The first kappa shape index (κ1) is 6.12. The Kier molecular flexibility index (Phi) is 1.56. The summed E-state index contributed by atoms with van der Waals surface area (Å²) in [4.78, 5) is 8.21. The zero-order valence-electron chi connectivity index (χ0n) is 5.14. The SMILES string of the molecule is C1=C[SH](c2nccs2)C=N1. The van der Waals surface area contributed by atoms with E-state index in [4.69, 9.17) is 0 Å². The lowest BCUT2D eigenvalue weighted by Crippen LogP contribution is -1.73. The molecule has 1 aromatic heterocycles. The fourth-order valence-corrected chi connectivity index (χ4v) is 3.02. The van der Waals surface area contributed by atoms with E-state index in [0.29, 0.717) is 0 Å². The number of thiol groups is 1. The van der Waals surface area contributed by atoms with Crippen LogP contribution < -0.4 is 0 Å². The minimum absolute atomic E-state index is 0.268. The van der Waals surface area contributed by atoms with E-state index in [1.165, 1.54) is 4.34 Å². The van der Waals surface area contributed by atoms with Crippen molar-refractivity contribution in [1.82, 2.24) is 4.98 Å². The number of hydrogen-bond donors (Lipinski definition) is 1. The van der Waals surface area contributed by atoms with Crippen LogP contribution in [0.2, 0.25) is 0 Å². The third-order valence-electron chi connectivity index (χ3n) is 1.14. The van der Waals surface area contributed by atoms with Crippen LogP contribution in [0.1, 0.15) is 0 Å². The number of aromatic nitrogens is 1. The number of hydrogen-bond acceptors (Lipinski definition) is 3. The molecule has 1 aliphatic heterocycles. The van der Waals surface area contributed by atoms with E-state index in [1.54, 1.807) is 11.3 Å². The molecule has 2 rings (SSSR count). The molecule has 1 unspecified atom stereocenters. The molecular weight excluding hydrogens is 164 g/mol. The van der Waals surface area contributed by atoms with Gasteiger partial charge >= 0.3 is 0 Å². The first-order chi connectivity index (χ1) is 4.97. The van der Waals surface area contributed by atoms with Gasteiger partial charge in [0.2, 0.25) is 0 Å². The normalized spacial score (nSPS) is 25.8. The molecule has 0 bridgehead atoms. The second-order valence-electron chi connectivity index (χ2n) is 1.78. The first-order valence-electron chi connectivity index (χ1n) is 2.84. The number of rotatable bonds is 1. The fraction of sp³-hybridized carbons (Fsp3) is 0.